The Hall–Kier alpha value is -0.0831. The van der Waals surface area contributed by atoms with Crippen molar-refractivity contribution in [3.05, 3.63) is 12.2 Å². The van der Waals surface area contributed by atoms with Gasteiger partial charge in [-0.3, -0.25) is 0 Å². The average Bonchev–Trinajstić information content (AvgIpc) is 2.29. The van der Waals surface area contributed by atoms with E-state index >= 15 is 0 Å². The van der Waals surface area contributed by atoms with Gasteiger partial charge in [0.25, 0.3) is 0 Å². The summed E-state index contributed by atoms with van der Waals surface area (Å²) >= 11 is 0. The van der Waals surface area contributed by atoms with E-state index < -0.39 is 8.07 Å². The van der Waals surface area contributed by atoms with Crippen LogP contribution in [-0.4, -0.2) is 32.2 Å². The van der Waals surface area contributed by atoms with E-state index in [4.69, 9.17) is 0 Å². The van der Waals surface area contributed by atoms with Crippen molar-refractivity contribution in [3.63, 3.8) is 0 Å². The number of allylic oxidation sites excluding steroid dienone is 1. The van der Waals surface area contributed by atoms with E-state index in [-0.39, 0.29) is 0 Å². The highest BCUT2D eigenvalue weighted by Gasteiger charge is 2.24. The van der Waals surface area contributed by atoms with Gasteiger partial charge in [0.15, 0.2) is 0 Å². The fraction of sp³-hybridized carbons (Fsp3) is 0.846. The lowest BCUT2D eigenvalue weighted by atomic mass is 10.2. The molecule has 0 saturated carbocycles. The van der Waals surface area contributed by atoms with E-state index in [9.17, 15) is 0 Å². The van der Waals surface area contributed by atoms with E-state index in [1.54, 1.807) is 0 Å². The van der Waals surface area contributed by atoms with Gasteiger partial charge in [-0.15, -0.1) is 6.58 Å². The molecule has 0 radical (unpaired) electrons. The third kappa shape index (κ3) is 5.52. The van der Waals surface area contributed by atoms with Crippen LogP contribution in [0.15, 0.2) is 12.2 Å². The quantitative estimate of drug-likeness (QED) is 0.521. The van der Waals surface area contributed by atoms with Gasteiger partial charge in [0.1, 0.15) is 0 Å². The summed E-state index contributed by atoms with van der Waals surface area (Å²) in [6.45, 7) is 13.9. The van der Waals surface area contributed by atoms with E-state index in [2.05, 4.69) is 31.5 Å². The summed E-state index contributed by atoms with van der Waals surface area (Å²) in [4.78, 5) is 2.71. The molecule has 0 N–H and O–H groups in total. The van der Waals surface area contributed by atoms with Crippen molar-refractivity contribution in [2.75, 3.05) is 19.3 Å². The van der Waals surface area contributed by atoms with Gasteiger partial charge in [0, 0.05) is 0 Å². The highest BCUT2D eigenvalue weighted by atomic mass is 28.3. The fourth-order valence-electron chi connectivity index (χ4n) is 2.77. The molecule has 0 aliphatic carbocycles. The lowest BCUT2D eigenvalue weighted by Gasteiger charge is -2.30. The summed E-state index contributed by atoms with van der Waals surface area (Å²) in [5, 5.41) is 0. The van der Waals surface area contributed by atoms with Crippen LogP contribution in [0.1, 0.15) is 32.6 Å². The number of rotatable bonds is 4. The zero-order valence-corrected chi connectivity index (χ0v) is 11.8. The molecule has 0 aromatic carbocycles. The van der Waals surface area contributed by atoms with Crippen LogP contribution < -0.4 is 0 Å². The molecule has 0 spiro atoms. The monoisotopic (exact) mass is 225 g/mol. The number of hydrogen-bond donors (Lipinski definition) is 0. The second-order valence-corrected chi connectivity index (χ2v) is 11.0. The van der Waals surface area contributed by atoms with Crippen LogP contribution in [0.25, 0.3) is 0 Å². The first kappa shape index (κ1) is 13.0. The van der Waals surface area contributed by atoms with Crippen molar-refractivity contribution in [1.29, 1.82) is 0 Å². The third-order valence-electron chi connectivity index (χ3n) is 3.13. The molecule has 1 aliphatic heterocycles. The summed E-state index contributed by atoms with van der Waals surface area (Å²) in [6.07, 6.45) is 7.09. The third-order valence-corrected chi connectivity index (χ3v) is 5.99. The molecule has 0 bridgehead atoms. The molecule has 1 heterocycles. The van der Waals surface area contributed by atoms with Crippen LogP contribution in [0, 0.1) is 0 Å². The SMILES string of the molecule is C=C(C)C[Si](C)(C)CN1CCCCCC1. The minimum absolute atomic E-state index is 1.05. The maximum absolute atomic E-state index is 4.07. The Labute approximate surface area is 96.6 Å². The normalized spacial score (nSPS) is 19.9. The summed E-state index contributed by atoms with van der Waals surface area (Å²) in [5.74, 6) is 0. The molecule has 2 heteroatoms. The van der Waals surface area contributed by atoms with Crippen LogP contribution >= 0.6 is 0 Å². The van der Waals surface area contributed by atoms with Gasteiger partial charge in [-0.05, 0) is 45.1 Å². The largest absolute Gasteiger partial charge is 0.306 e. The molecule has 88 valence electrons. The van der Waals surface area contributed by atoms with Crippen LogP contribution in [0.2, 0.25) is 19.1 Å². The van der Waals surface area contributed by atoms with Gasteiger partial charge >= 0.3 is 0 Å². The van der Waals surface area contributed by atoms with Crippen LogP contribution in [-0.2, 0) is 0 Å². The van der Waals surface area contributed by atoms with E-state index in [1.165, 1.54) is 56.6 Å². The highest BCUT2D eigenvalue weighted by molar-refractivity contribution is 6.78. The van der Waals surface area contributed by atoms with E-state index in [1.807, 2.05) is 0 Å². The molecular weight excluding hydrogens is 198 g/mol. The van der Waals surface area contributed by atoms with Gasteiger partial charge < -0.3 is 4.90 Å². The molecule has 0 unspecified atom stereocenters. The van der Waals surface area contributed by atoms with Crippen LogP contribution in [0.4, 0.5) is 0 Å². The Bertz CT molecular complexity index is 203. The number of nitrogens with zero attached hydrogens (tertiary/aromatic N) is 1. The van der Waals surface area contributed by atoms with E-state index in [0.29, 0.717) is 0 Å². The molecule has 1 rings (SSSR count). The van der Waals surface area contributed by atoms with Crippen LogP contribution in [0.5, 0.6) is 0 Å². The highest BCUT2D eigenvalue weighted by Crippen LogP contribution is 2.18. The van der Waals surface area contributed by atoms with Crippen molar-refractivity contribution in [2.45, 2.75) is 51.7 Å². The van der Waals surface area contributed by atoms with Crippen molar-refractivity contribution >= 4 is 8.07 Å². The van der Waals surface area contributed by atoms with Crippen molar-refractivity contribution < 1.29 is 0 Å². The molecule has 1 fully saturated rings. The molecular formula is C13H27NSi. The zero-order chi connectivity index (χ0) is 11.3. The topological polar surface area (TPSA) is 3.24 Å². The molecule has 1 saturated heterocycles. The predicted molar refractivity (Wildman–Crippen MR) is 72.0 cm³/mol. The molecule has 1 nitrogen and oxygen atoms in total. The summed E-state index contributed by atoms with van der Waals surface area (Å²) < 4.78 is 0. The summed E-state index contributed by atoms with van der Waals surface area (Å²) in [6, 6.07) is 1.30. The first-order valence-electron chi connectivity index (χ1n) is 6.36. The molecule has 0 aromatic rings. The maximum Gasteiger partial charge on any atom is 0.0669 e. The maximum atomic E-state index is 4.07. The summed E-state index contributed by atoms with van der Waals surface area (Å²) in [7, 11) is -1.05. The minimum atomic E-state index is -1.05. The van der Waals surface area contributed by atoms with Gasteiger partial charge in [0.2, 0.25) is 0 Å². The van der Waals surface area contributed by atoms with E-state index in [0.717, 1.165) is 0 Å². The van der Waals surface area contributed by atoms with Crippen molar-refractivity contribution in [2.24, 2.45) is 0 Å². The standard InChI is InChI=1S/C13H27NSi/c1-13(2)11-15(3,4)12-14-9-7-5-6-8-10-14/h1,5-12H2,2-4H3. The predicted octanol–water partition coefficient (Wildman–Crippen LogP) is 3.69. The molecule has 0 amide bonds. The zero-order valence-electron chi connectivity index (χ0n) is 10.8. The van der Waals surface area contributed by atoms with Gasteiger partial charge in [-0.25, -0.2) is 0 Å². The number of hydrogen-bond acceptors (Lipinski definition) is 1. The fourth-order valence-corrected chi connectivity index (χ4v) is 6.05. The number of likely N-dealkylation sites (tertiary alicyclic amines) is 1. The van der Waals surface area contributed by atoms with Crippen molar-refractivity contribution in [3.8, 4) is 0 Å². The Morgan fingerprint density at radius 2 is 1.67 bits per heavy atom. The molecule has 15 heavy (non-hydrogen) atoms. The molecule has 1 aliphatic rings. The summed E-state index contributed by atoms with van der Waals surface area (Å²) in [5.41, 5.74) is 1.38. The van der Waals surface area contributed by atoms with Gasteiger partial charge in [-0.1, -0.05) is 31.5 Å². The van der Waals surface area contributed by atoms with Crippen molar-refractivity contribution in [1.82, 2.24) is 4.90 Å². The Morgan fingerprint density at radius 3 is 2.13 bits per heavy atom. The smallest absolute Gasteiger partial charge is 0.0669 e. The Morgan fingerprint density at radius 1 is 1.13 bits per heavy atom. The second kappa shape index (κ2) is 5.85. The average molecular weight is 225 g/mol. The van der Waals surface area contributed by atoms with Gasteiger partial charge in [0.05, 0.1) is 8.07 Å². The molecule has 0 aromatic heterocycles. The lowest BCUT2D eigenvalue weighted by molar-refractivity contribution is 0.325. The van der Waals surface area contributed by atoms with Crippen LogP contribution in [0.3, 0.4) is 0 Å². The first-order chi connectivity index (χ1) is 6.99. The van der Waals surface area contributed by atoms with Gasteiger partial charge in [-0.2, -0.15) is 0 Å². The second-order valence-electron chi connectivity index (χ2n) is 5.99. The first-order valence-corrected chi connectivity index (χ1v) is 9.78. The lowest BCUT2D eigenvalue weighted by Crippen LogP contribution is -2.43. The minimum Gasteiger partial charge on any atom is -0.306 e. The Balaban J connectivity index is 2.40. The molecule has 0 atom stereocenters. The Kier molecular flexibility index (Phi) is 5.07.